The maximum absolute atomic E-state index is 12.0. The molecule has 1 aliphatic rings. The van der Waals surface area contributed by atoms with Crippen LogP contribution in [0.1, 0.15) is 20.3 Å². The van der Waals surface area contributed by atoms with Gasteiger partial charge in [0.25, 0.3) is 0 Å². The number of benzene rings is 1. The van der Waals surface area contributed by atoms with E-state index in [1.807, 2.05) is 31.2 Å². The molecule has 1 amide bonds. The van der Waals surface area contributed by atoms with E-state index < -0.39 is 0 Å². The van der Waals surface area contributed by atoms with Gasteiger partial charge in [-0.1, -0.05) is 30.8 Å². The highest BCUT2D eigenvalue weighted by atomic mass is 32.2. The lowest BCUT2D eigenvalue weighted by atomic mass is 10.2. The fourth-order valence-corrected chi connectivity index (χ4v) is 3.88. The molecule has 0 saturated carbocycles. The Morgan fingerprint density at radius 1 is 1.21 bits per heavy atom. The SMILES string of the molecule is CC[C@H](C)NC(=O)CSc1cc(N2CCN(c3ccccc3OC)CC2)ncn1. The Bertz CT molecular complexity index is 811. The fourth-order valence-electron chi connectivity index (χ4n) is 3.21. The first-order valence-electron chi connectivity index (χ1n) is 9.97. The maximum Gasteiger partial charge on any atom is 0.230 e. The van der Waals surface area contributed by atoms with Crippen LogP contribution in [0, 0.1) is 0 Å². The van der Waals surface area contributed by atoms with Crippen molar-refractivity contribution in [3.63, 3.8) is 0 Å². The Balaban J connectivity index is 1.56. The van der Waals surface area contributed by atoms with Crippen LogP contribution in [0.3, 0.4) is 0 Å². The molecule has 1 saturated heterocycles. The molecule has 29 heavy (non-hydrogen) atoms. The van der Waals surface area contributed by atoms with E-state index in [9.17, 15) is 4.79 Å². The number of nitrogens with zero attached hydrogens (tertiary/aromatic N) is 4. The number of rotatable bonds is 8. The molecule has 0 spiro atoms. The van der Waals surface area contributed by atoms with Gasteiger partial charge in [-0.25, -0.2) is 9.97 Å². The van der Waals surface area contributed by atoms with Crippen molar-refractivity contribution in [2.45, 2.75) is 31.3 Å². The van der Waals surface area contributed by atoms with Gasteiger partial charge in [0, 0.05) is 38.3 Å². The summed E-state index contributed by atoms with van der Waals surface area (Å²) < 4.78 is 5.49. The summed E-state index contributed by atoms with van der Waals surface area (Å²) in [6.07, 6.45) is 2.51. The third-order valence-electron chi connectivity index (χ3n) is 5.03. The maximum atomic E-state index is 12.0. The first-order valence-corrected chi connectivity index (χ1v) is 11.0. The van der Waals surface area contributed by atoms with E-state index >= 15 is 0 Å². The lowest BCUT2D eigenvalue weighted by molar-refractivity contribution is -0.119. The van der Waals surface area contributed by atoms with Gasteiger partial charge in [-0.2, -0.15) is 0 Å². The summed E-state index contributed by atoms with van der Waals surface area (Å²) in [6, 6.07) is 10.3. The van der Waals surface area contributed by atoms with Crippen LogP contribution in [0.25, 0.3) is 0 Å². The number of ether oxygens (including phenoxy) is 1. The van der Waals surface area contributed by atoms with E-state index in [1.165, 1.54) is 11.8 Å². The van der Waals surface area contributed by atoms with Gasteiger partial charge in [-0.15, -0.1) is 0 Å². The Morgan fingerprint density at radius 2 is 1.93 bits per heavy atom. The Labute approximate surface area is 176 Å². The standard InChI is InChI=1S/C21H29N5O2S/c1-4-16(2)24-20(27)14-29-21-13-19(22-15-23-21)26-11-9-25(10-12-26)17-7-5-6-8-18(17)28-3/h5-8,13,15-16H,4,9-12,14H2,1-3H3,(H,24,27)/t16-/m0/s1. The highest BCUT2D eigenvalue weighted by Gasteiger charge is 2.21. The topological polar surface area (TPSA) is 70.6 Å². The van der Waals surface area contributed by atoms with Gasteiger partial charge in [0.1, 0.15) is 22.9 Å². The van der Waals surface area contributed by atoms with E-state index in [-0.39, 0.29) is 11.9 Å². The number of hydrogen-bond donors (Lipinski definition) is 1. The number of carbonyl (C=O) groups excluding carboxylic acids is 1. The number of piperazine rings is 1. The van der Waals surface area contributed by atoms with Gasteiger partial charge in [0.2, 0.25) is 5.91 Å². The normalized spacial score (nSPS) is 15.1. The number of methoxy groups -OCH3 is 1. The number of aromatic nitrogens is 2. The van der Waals surface area contributed by atoms with Crippen LogP contribution in [-0.4, -0.2) is 61.0 Å². The quantitative estimate of drug-likeness (QED) is 0.525. The highest BCUT2D eigenvalue weighted by Crippen LogP contribution is 2.29. The Hall–Kier alpha value is -2.48. The Kier molecular flexibility index (Phi) is 7.57. The number of hydrogen-bond acceptors (Lipinski definition) is 7. The number of carbonyl (C=O) groups is 1. The molecule has 1 aromatic carbocycles. The van der Waals surface area contributed by atoms with E-state index in [1.54, 1.807) is 13.4 Å². The molecule has 0 aliphatic carbocycles. The summed E-state index contributed by atoms with van der Waals surface area (Å²) in [7, 11) is 1.71. The summed E-state index contributed by atoms with van der Waals surface area (Å²) in [4.78, 5) is 25.3. The van der Waals surface area contributed by atoms with Crippen molar-refractivity contribution < 1.29 is 9.53 Å². The second kappa shape index (κ2) is 10.3. The second-order valence-electron chi connectivity index (χ2n) is 7.03. The van der Waals surface area contributed by atoms with Gasteiger partial charge >= 0.3 is 0 Å². The molecule has 0 bridgehead atoms. The molecular formula is C21H29N5O2S. The lowest BCUT2D eigenvalue weighted by Crippen LogP contribution is -2.47. The van der Waals surface area contributed by atoms with Crippen LogP contribution in [0.2, 0.25) is 0 Å². The van der Waals surface area contributed by atoms with Crippen molar-refractivity contribution in [3.05, 3.63) is 36.7 Å². The van der Waals surface area contributed by atoms with Crippen molar-refractivity contribution in [2.24, 2.45) is 0 Å². The van der Waals surface area contributed by atoms with Crippen LogP contribution in [-0.2, 0) is 4.79 Å². The number of amides is 1. The molecule has 1 atom stereocenters. The van der Waals surface area contributed by atoms with Crippen LogP contribution < -0.4 is 19.9 Å². The molecule has 2 heterocycles. The largest absolute Gasteiger partial charge is 0.495 e. The predicted octanol–water partition coefficient (Wildman–Crippen LogP) is 2.82. The first kappa shape index (κ1) is 21.2. The molecule has 1 N–H and O–H groups in total. The van der Waals surface area contributed by atoms with Crippen LogP contribution in [0.4, 0.5) is 11.5 Å². The highest BCUT2D eigenvalue weighted by molar-refractivity contribution is 7.99. The van der Waals surface area contributed by atoms with Crippen molar-refractivity contribution in [1.82, 2.24) is 15.3 Å². The molecule has 1 fully saturated rings. The number of para-hydroxylation sites is 2. The molecule has 0 radical (unpaired) electrons. The summed E-state index contributed by atoms with van der Waals surface area (Å²) >= 11 is 1.44. The minimum absolute atomic E-state index is 0.0370. The molecule has 8 heteroatoms. The van der Waals surface area contributed by atoms with E-state index in [0.717, 1.165) is 54.9 Å². The van der Waals surface area contributed by atoms with Gasteiger partial charge in [-0.05, 0) is 25.5 Å². The number of nitrogens with one attached hydrogen (secondary N) is 1. The van der Waals surface area contributed by atoms with Crippen LogP contribution in [0.15, 0.2) is 41.7 Å². The molecule has 3 rings (SSSR count). The molecule has 1 aromatic heterocycles. The van der Waals surface area contributed by atoms with Gasteiger partial charge in [-0.3, -0.25) is 4.79 Å². The molecule has 7 nitrogen and oxygen atoms in total. The monoisotopic (exact) mass is 415 g/mol. The van der Waals surface area contributed by atoms with Gasteiger partial charge < -0.3 is 19.9 Å². The van der Waals surface area contributed by atoms with Gasteiger partial charge in [0.15, 0.2) is 0 Å². The van der Waals surface area contributed by atoms with Crippen LogP contribution >= 0.6 is 11.8 Å². The summed E-state index contributed by atoms with van der Waals surface area (Å²) in [6.45, 7) is 7.59. The van der Waals surface area contributed by atoms with Gasteiger partial charge in [0.05, 0.1) is 18.6 Å². The van der Waals surface area contributed by atoms with Crippen molar-refractivity contribution >= 4 is 29.2 Å². The molecular weight excluding hydrogens is 386 g/mol. The third kappa shape index (κ3) is 5.76. The minimum atomic E-state index is 0.0370. The summed E-state index contributed by atoms with van der Waals surface area (Å²) in [5.41, 5.74) is 1.13. The zero-order valence-electron chi connectivity index (χ0n) is 17.3. The van der Waals surface area contributed by atoms with Crippen molar-refractivity contribution in [2.75, 3.05) is 48.8 Å². The average Bonchev–Trinajstić information content (AvgIpc) is 2.78. The Morgan fingerprint density at radius 3 is 2.66 bits per heavy atom. The fraction of sp³-hybridized carbons (Fsp3) is 0.476. The smallest absolute Gasteiger partial charge is 0.230 e. The zero-order valence-corrected chi connectivity index (χ0v) is 18.1. The molecule has 156 valence electrons. The van der Waals surface area contributed by atoms with E-state index in [2.05, 4.69) is 38.1 Å². The summed E-state index contributed by atoms with van der Waals surface area (Å²) in [5.74, 6) is 2.21. The van der Waals surface area contributed by atoms with E-state index in [0.29, 0.717) is 5.75 Å². The number of thioether (sulfide) groups is 1. The number of anilines is 2. The summed E-state index contributed by atoms with van der Waals surface area (Å²) in [5, 5.41) is 3.80. The molecule has 2 aromatic rings. The lowest BCUT2D eigenvalue weighted by Gasteiger charge is -2.37. The first-order chi connectivity index (χ1) is 14.1. The molecule has 1 aliphatic heterocycles. The van der Waals surface area contributed by atoms with E-state index in [4.69, 9.17) is 4.74 Å². The second-order valence-corrected chi connectivity index (χ2v) is 8.02. The minimum Gasteiger partial charge on any atom is -0.495 e. The van der Waals surface area contributed by atoms with Crippen molar-refractivity contribution in [3.8, 4) is 5.75 Å². The average molecular weight is 416 g/mol. The third-order valence-corrected chi connectivity index (χ3v) is 5.95. The zero-order chi connectivity index (χ0) is 20.6. The predicted molar refractivity (Wildman–Crippen MR) is 118 cm³/mol. The molecule has 0 unspecified atom stereocenters. The van der Waals surface area contributed by atoms with Crippen LogP contribution in [0.5, 0.6) is 5.75 Å². The van der Waals surface area contributed by atoms with Crippen molar-refractivity contribution in [1.29, 1.82) is 0 Å².